The second-order valence-electron chi connectivity index (χ2n) is 7.79. The third-order valence-electron chi connectivity index (χ3n) is 5.07. The van der Waals surface area contributed by atoms with Gasteiger partial charge < -0.3 is 20.1 Å². The van der Waals surface area contributed by atoms with Gasteiger partial charge in [-0.1, -0.05) is 19.1 Å². The van der Waals surface area contributed by atoms with E-state index in [0.29, 0.717) is 25.0 Å². The third-order valence-corrected chi connectivity index (χ3v) is 5.07. The van der Waals surface area contributed by atoms with Crippen LogP contribution in [0.25, 0.3) is 0 Å². The van der Waals surface area contributed by atoms with Gasteiger partial charge in [0.15, 0.2) is 5.96 Å². The van der Waals surface area contributed by atoms with E-state index < -0.39 is 0 Å². The van der Waals surface area contributed by atoms with E-state index in [4.69, 9.17) is 9.47 Å². The molecule has 2 N–H and O–H groups in total. The van der Waals surface area contributed by atoms with Crippen molar-refractivity contribution in [1.29, 1.82) is 0 Å². The Morgan fingerprint density at radius 1 is 1.41 bits per heavy atom. The molecule has 0 radical (unpaired) electrons. The maximum atomic E-state index is 6.13. The number of aliphatic imine (C=N–C) groups is 1. The Bertz CT molecular complexity index is 770. The molecule has 2 heterocycles. The number of aryl methyl sites for hydroxylation is 1. The summed E-state index contributed by atoms with van der Waals surface area (Å²) in [5.74, 6) is 2.64. The minimum atomic E-state index is 0.431. The van der Waals surface area contributed by atoms with E-state index in [9.17, 15) is 0 Å². The fraction of sp³-hybridized carbons (Fsp3) is 0.545. The topological polar surface area (TPSA) is 72.7 Å². The molecule has 0 saturated carbocycles. The molecule has 1 aliphatic rings. The summed E-state index contributed by atoms with van der Waals surface area (Å²) in [4.78, 5) is 4.34. The van der Waals surface area contributed by atoms with Crippen molar-refractivity contribution in [1.82, 2.24) is 20.4 Å². The van der Waals surface area contributed by atoms with E-state index in [1.54, 1.807) is 7.05 Å². The van der Waals surface area contributed by atoms with Crippen molar-refractivity contribution >= 4 is 5.96 Å². The second kappa shape index (κ2) is 10.9. The summed E-state index contributed by atoms with van der Waals surface area (Å²) in [5.41, 5.74) is 2.32. The van der Waals surface area contributed by atoms with Crippen molar-refractivity contribution in [2.75, 3.05) is 33.4 Å². The molecule has 1 saturated heterocycles. The average molecular weight is 400 g/mol. The van der Waals surface area contributed by atoms with Gasteiger partial charge in [0.25, 0.3) is 0 Å². The first-order valence-corrected chi connectivity index (χ1v) is 10.4. The van der Waals surface area contributed by atoms with Crippen LogP contribution < -0.4 is 15.4 Å². The third kappa shape index (κ3) is 6.78. The lowest BCUT2D eigenvalue weighted by Crippen LogP contribution is -2.39. The highest BCUT2D eigenvalue weighted by molar-refractivity contribution is 5.79. The molecular formula is C22H33N5O2. The molecule has 2 unspecified atom stereocenters. The Hall–Kier alpha value is -2.54. The number of guanidine groups is 1. The lowest BCUT2D eigenvalue weighted by Gasteiger charge is -2.18. The second-order valence-corrected chi connectivity index (χ2v) is 7.79. The zero-order valence-corrected chi connectivity index (χ0v) is 17.7. The highest BCUT2D eigenvalue weighted by atomic mass is 16.5. The molecule has 7 heteroatoms. The molecule has 0 spiro atoms. The van der Waals surface area contributed by atoms with Crippen LogP contribution in [0, 0.1) is 18.8 Å². The zero-order valence-electron chi connectivity index (χ0n) is 17.7. The molecular weight excluding hydrogens is 366 g/mol. The molecule has 2 atom stereocenters. The molecule has 1 aliphatic heterocycles. The molecule has 3 rings (SSSR count). The lowest BCUT2D eigenvalue weighted by atomic mass is 10.1. The summed E-state index contributed by atoms with van der Waals surface area (Å²) >= 11 is 0. The first-order chi connectivity index (χ1) is 14.1. The highest BCUT2D eigenvalue weighted by Crippen LogP contribution is 2.22. The molecule has 2 aromatic rings. The maximum Gasteiger partial charge on any atom is 0.191 e. The minimum absolute atomic E-state index is 0.431. The van der Waals surface area contributed by atoms with E-state index in [2.05, 4.69) is 52.8 Å². The van der Waals surface area contributed by atoms with E-state index in [0.717, 1.165) is 50.0 Å². The normalized spacial score (nSPS) is 17.9. The van der Waals surface area contributed by atoms with Crippen molar-refractivity contribution in [2.24, 2.45) is 16.8 Å². The fourth-order valence-corrected chi connectivity index (χ4v) is 3.33. The number of benzene rings is 1. The monoisotopic (exact) mass is 399 g/mol. The van der Waals surface area contributed by atoms with Gasteiger partial charge in [-0.15, -0.1) is 0 Å². The standard InChI is InChI=1S/C22H33N5O2/c1-17-5-6-20(21(11-17)29-16-19-7-10-28-15-19)13-25-22(23-3)24-12-18(2)14-27-9-4-8-26-27/h4-6,8-9,11,18-19H,7,10,12-16H2,1-3H3,(H2,23,24,25). The Morgan fingerprint density at radius 2 is 2.31 bits per heavy atom. The number of nitrogens with one attached hydrogen (secondary N) is 2. The molecule has 0 bridgehead atoms. The van der Waals surface area contributed by atoms with E-state index in [-0.39, 0.29) is 0 Å². The van der Waals surface area contributed by atoms with Crippen LogP contribution in [-0.2, 0) is 17.8 Å². The summed E-state index contributed by atoms with van der Waals surface area (Å²) in [5, 5.41) is 11.1. The van der Waals surface area contributed by atoms with E-state index in [1.807, 2.05) is 23.1 Å². The van der Waals surface area contributed by atoms with Gasteiger partial charge in [0.1, 0.15) is 5.75 Å². The van der Waals surface area contributed by atoms with Crippen molar-refractivity contribution in [2.45, 2.75) is 33.4 Å². The Labute approximate surface area is 173 Å². The predicted molar refractivity (Wildman–Crippen MR) is 115 cm³/mol. The average Bonchev–Trinajstić information content (AvgIpc) is 3.41. The van der Waals surface area contributed by atoms with Gasteiger partial charge in [0, 0.05) is 57.2 Å². The van der Waals surface area contributed by atoms with Crippen LogP contribution in [0.15, 0.2) is 41.7 Å². The highest BCUT2D eigenvalue weighted by Gasteiger charge is 2.17. The van der Waals surface area contributed by atoms with Gasteiger partial charge in [0.2, 0.25) is 0 Å². The van der Waals surface area contributed by atoms with Crippen LogP contribution in [0.1, 0.15) is 24.5 Å². The van der Waals surface area contributed by atoms with Crippen LogP contribution in [0.2, 0.25) is 0 Å². The quantitative estimate of drug-likeness (QED) is 0.501. The summed E-state index contributed by atoms with van der Waals surface area (Å²) in [6, 6.07) is 8.29. The maximum absolute atomic E-state index is 6.13. The lowest BCUT2D eigenvalue weighted by molar-refractivity contribution is 0.166. The molecule has 1 fully saturated rings. The number of ether oxygens (including phenoxy) is 2. The molecule has 1 aromatic heterocycles. The molecule has 158 valence electrons. The number of rotatable bonds is 9. The van der Waals surface area contributed by atoms with Crippen molar-refractivity contribution < 1.29 is 9.47 Å². The largest absolute Gasteiger partial charge is 0.493 e. The van der Waals surface area contributed by atoms with Crippen LogP contribution in [0.5, 0.6) is 5.75 Å². The number of aromatic nitrogens is 2. The van der Waals surface area contributed by atoms with Crippen LogP contribution in [-0.4, -0.2) is 49.2 Å². The molecule has 0 aliphatic carbocycles. The number of nitrogens with zero attached hydrogens (tertiary/aromatic N) is 3. The predicted octanol–water partition coefficient (Wildman–Crippen LogP) is 2.61. The Kier molecular flexibility index (Phi) is 7.93. The van der Waals surface area contributed by atoms with Crippen LogP contribution >= 0.6 is 0 Å². The minimum Gasteiger partial charge on any atom is -0.493 e. The van der Waals surface area contributed by atoms with Crippen LogP contribution in [0.3, 0.4) is 0 Å². The van der Waals surface area contributed by atoms with Gasteiger partial charge in [-0.05, 0) is 37.0 Å². The van der Waals surface area contributed by atoms with Gasteiger partial charge in [-0.3, -0.25) is 9.67 Å². The van der Waals surface area contributed by atoms with Crippen LogP contribution in [0.4, 0.5) is 0 Å². The van der Waals surface area contributed by atoms with Crippen molar-refractivity contribution in [3.63, 3.8) is 0 Å². The summed E-state index contributed by atoms with van der Waals surface area (Å²) in [6.45, 7) is 8.98. The fourth-order valence-electron chi connectivity index (χ4n) is 3.33. The molecule has 29 heavy (non-hydrogen) atoms. The number of hydrogen-bond donors (Lipinski definition) is 2. The molecule has 0 amide bonds. The van der Waals surface area contributed by atoms with Gasteiger partial charge in [-0.2, -0.15) is 5.10 Å². The summed E-state index contributed by atoms with van der Waals surface area (Å²) < 4.78 is 13.5. The van der Waals surface area contributed by atoms with E-state index in [1.165, 1.54) is 5.56 Å². The van der Waals surface area contributed by atoms with E-state index >= 15 is 0 Å². The van der Waals surface area contributed by atoms with Crippen molar-refractivity contribution in [3.05, 3.63) is 47.8 Å². The zero-order chi connectivity index (χ0) is 20.5. The Morgan fingerprint density at radius 3 is 3.03 bits per heavy atom. The smallest absolute Gasteiger partial charge is 0.191 e. The molecule has 1 aromatic carbocycles. The Balaban J connectivity index is 1.49. The summed E-state index contributed by atoms with van der Waals surface area (Å²) in [7, 11) is 1.79. The molecule has 7 nitrogen and oxygen atoms in total. The number of hydrogen-bond acceptors (Lipinski definition) is 4. The first-order valence-electron chi connectivity index (χ1n) is 10.4. The van der Waals surface area contributed by atoms with Gasteiger partial charge >= 0.3 is 0 Å². The van der Waals surface area contributed by atoms with Gasteiger partial charge in [-0.25, -0.2) is 0 Å². The van der Waals surface area contributed by atoms with Crippen molar-refractivity contribution in [3.8, 4) is 5.75 Å². The first kappa shape index (κ1) is 21.2. The SMILES string of the molecule is CN=C(NCc1ccc(C)cc1OCC1CCOC1)NCC(C)Cn1cccn1. The van der Waals surface area contributed by atoms with Gasteiger partial charge in [0.05, 0.1) is 13.2 Å². The summed E-state index contributed by atoms with van der Waals surface area (Å²) in [6.07, 6.45) is 4.87.